The van der Waals surface area contributed by atoms with E-state index in [1.54, 1.807) is 0 Å². The number of piperidine rings is 1. The molecule has 2 N–H and O–H groups in total. The first-order valence-electron chi connectivity index (χ1n) is 7.80. The third-order valence-corrected chi connectivity index (χ3v) is 5.45. The third kappa shape index (κ3) is 2.33. The van der Waals surface area contributed by atoms with Gasteiger partial charge < -0.3 is 15.4 Å². The topological polar surface area (TPSA) is 41.7 Å². The second-order valence-electron chi connectivity index (χ2n) is 7.41. The molecule has 0 aromatic heterocycles. The molecule has 110 valence electrons. The van der Waals surface area contributed by atoms with E-state index >= 15 is 0 Å². The van der Waals surface area contributed by atoms with Gasteiger partial charge in [0.2, 0.25) is 0 Å². The Bertz CT molecular complexity index is 346. The van der Waals surface area contributed by atoms with Crippen LogP contribution < -0.4 is 5.73 Å². The zero-order chi connectivity index (χ0) is 13.7. The van der Waals surface area contributed by atoms with E-state index < -0.39 is 0 Å². The van der Waals surface area contributed by atoms with Crippen molar-refractivity contribution >= 4 is 0 Å². The Balaban J connectivity index is 1.85. The number of nitrogens with two attached hydrogens (primary N) is 1. The smallest absolute Gasteiger partial charge is 0.0757 e. The monoisotopic (exact) mass is 267 g/mol. The van der Waals surface area contributed by atoms with Crippen LogP contribution in [0.2, 0.25) is 0 Å². The molecule has 0 aromatic carbocycles. The van der Waals surface area contributed by atoms with E-state index in [1.165, 1.54) is 32.5 Å². The molecule has 0 saturated carbocycles. The average molecular weight is 267 g/mol. The highest BCUT2D eigenvalue weighted by atomic mass is 16.5. The van der Waals surface area contributed by atoms with Gasteiger partial charge in [0.25, 0.3) is 0 Å². The summed E-state index contributed by atoms with van der Waals surface area (Å²) in [6.45, 7) is 13.2. The highest BCUT2D eigenvalue weighted by Gasteiger charge is 2.51. The lowest BCUT2D eigenvalue weighted by Gasteiger charge is -2.55. The number of ether oxygens (including phenoxy) is 1. The molecule has 3 heterocycles. The van der Waals surface area contributed by atoms with Gasteiger partial charge in [0.15, 0.2) is 0 Å². The molecule has 0 amide bonds. The average Bonchev–Trinajstić information content (AvgIpc) is 2.71. The van der Waals surface area contributed by atoms with E-state index in [-0.39, 0.29) is 11.1 Å². The standard InChI is InChI=1S/C15H29N3O/c1-12-8-18(11-14(2,3)19-12)15(10-16)5-7-17-6-4-13(15)9-17/h12-13H,4-11,16H2,1-3H3. The Labute approximate surface area is 117 Å². The maximum Gasteiger partial charge on any atom is 0.0757 e. The fourth-order valence-corrected chi connectivity index (χ4v) is 4.64. The quantitative estimate of drug-likeness (QED) is 0.807. The molecule has 4 nitrogen and oxygen atoms in total. The summed E-state index contributed by atoms with van der Waals surface area (Å²) in [6.07, 6.45) is 2.87. The normalized spacial score (nSPS) is 46.4. The van der Waals surface area contributed by atoms with Crippen molar-refractivity contribution in [2.24, 2.45) is 11.7 Å². The summed E-state index contributed by atoms with van der Waals surface area (Å²) >= 11 is 0. The van der Waals surface area contributed by atoms with Crippen molar-refractivity contribution < 1.29 is 4.74 Å². The van der Waals surface area contributed by atoms with E-state index in [1.807, 2.05) is 0 Å². The molecule has 0 spiro atoms. The lowest BCUT2D eigenvalue weighted by atomic mass is 9.76. The first kappa shape index (κ1) is 13.8. The molecule has 0 aliphatic carbocycles. The number of hydrogen-bond donors (Lipinski definition) is 1. The van der Waals surface area contributed by atoms with E-state index in [0.717, 1.165) is 25.6 Å². The van der Waals surface area contributed by atoms with Crippen molar-refractivity contribution in [2.75, 3.05) is 39.3 Å². The Morgan fingerprint density at radius 3 is 2.74 bits per heavy atom. The van der Waals surface area contributed by atoms with Crippen molar-refractivity contribution in [1.29, 1.82) is 0 Å². The van der Waals surface area contributed by atoms with Gasteiger partial charge in [-0.05, 0) is 52.6 Å². The molecule has 4 unspecified atom stereocenters. The lowest BCUT2D eigenvalue weighted by Crippen LogP contribution is -2.68. The molecule has 0 aromatic rings. The SMILES string of the molecule is CC1CN(C2(CN)CCN3CCC2C3)CC(C)(C)O1. The molecular formula is C15H29N3O. The number of nitrogens with zero attached hydrogens (tertiary/aromatic N) is 2. The minimum Gasteiger partial charge on any atom is -0.370 e. The second-order valence-corrected chi connectivity index (χ2v) is 7.41. The summed E-state index contributed by atoms with van der Waals surface area (Å²) in [7, 11) is 0. The number of rotatable bonds is 2. The van der Waals surface area contributed by atoms with Gasteiger partial charge in [-0.15, -0.1) is 0 Å². The molecule has 19 heavy (non-hydrogen) atoms. The van der Waals surface area contributed by atoms with Gasteiger partial charge in [-0.3, -0.25) is 4.90 Å². The largest absolute Gasteiger partial charge is 0.370 e. The molecule has 3 aliphatic heterocycles. The molecule has 3 aliphatic rings. The first-order valence-corrected chi connectivity index (χ1v) is 7.80. The first-order chi connectivity index (χ1) is 8.95. The highest BCUT2D eigenvalue weighted by Crippen LogP contribution is 2.41. The molecule has 3 rings (SSSR count). The Hall–Kier alpha value is -0.160. The Morgan fingerprint density at radius 2 is 2.05 bits per heavy atom. The van der Waals surface area contributed by atoms with E-state index in [0.29, 0.717) is 6.10 Å². The van der Waals surface area contributed by atoms with Crippen LogP contribution in [0, 0.1) is 5.92 Å². The van der Waals surface area contributed by atoms with Gasteiger partial charge >= 0.3 is 0 Å². The van der Waals surface area contributed by atoms with Crippen LogP contribution in [0.3, 0.4) is 0 Å². The van der Waals surface area contributed by atoms with Crippen LogP contribution in [-0.4, -0.2) is 66.3 Å². The van der Waals surface area contributed by atoms with E-state index in [2.05, 4.69) is 30.6 Å². The molecule has 3 saturated heterocycles. The van der Waals surface area contributed by atoms with Gasteiger partial charge in [-0.2, -0.15) is 0 Å². The van der Waals surface area contributed by atoms with Crippen LogP contribution in [0.25, 0.3) is 0 Å². The molecular weight excluding hydrogens is 238 g/mol. The van der Waals surface area contributed by atoms with Crippen LogP contribution in [-0.2, 0) is 4.74 Å². The van der Waals surface area contributed by atoms with Crippen LogP contribution in [0.5, 0.6) is 0 Å². The van der Waals surface area contributed by atoms with Gasteiger partial charge in [0.1, 0.15) is 0 Å². The summed E-state index contributed by atoms with van der Waals surface area (Å²) in [5.74, 6) is 0.757. The fourth-order valence-electron chi connectivity index (χ4n) is 4.64. The van der Waals surface area contributed by atoms with Crippen LogP contribution >= 0.6 is 0 Å². The molecule has 3 fully saturated rings. The van der Waals surface area contributed by atoms with Crippen LogP contribution in [0.15, 0.2) is 0 Å². The van der Waals surface area contributed by atoms with Gasteiger partial charge in [0, 0.05) is 31.7 Å². The second kappa shape index (κ2) is 4.69. The summed E-state index contributed by atoms with van der Waals surface area (Å²) in [5.41, 5.74) is 6.47. The zero-order valence-corrected chi connectivity index (χ0v) is 12.7. The molecule has 0 radical (unpaired) electrons. The molecule has 2 bridgehead atoms. The van der Waals surface area contributed by atoms with Crippen molar-refractivity contribution in [2.45, 2.75) is 50.9 Å². The summed E-state index contributed by atoms with van der Waals surface area (Å²) in [5, 5.41) is 0. The lowest BCUT2D eigenvalue weighted by molar-refractivity contribution is -0.164. The number of fused-ring (bicyclic) bond motifs is 2. The predicted octanol–water partition coefficient (Wildman–Crippen LogP) is 0.909. The van der Waals surface area contributed by atoms with Crippen LogP contribution in [0.1, 0.15) is 33.6 Å². The van der Waals surface area contributed by atoms with Gasteiger partial charge in [-0.1, -0.05) is 0 Å². The van der Waals surface area contributed by atoms with Gasteiger partial charge in [0.05, 0.1) is 11.7 Å². The summed E-state index contributed by atoms with van der Waals surface area (Å²) < 4.78 is 6.07. The Morgan fingerprint density at radius 1 is 1.26 bits per heavy atom. The zero-order valence-electron chi connectivity index (χ0n) is 12.7. The van der Waals surface area contributed by atoms with Crippen molar-refractivity contribution in [3.05, 3.63) is 0 Å². The number of morpholine rings is 1. The Kier molecular flexibility index (Phi) is 3.41. The summed E-state index contributed by atoms with van der Waals surface area (Å²) in [4.78, 5) is 5.28. The van der Waals surface area contributed by atoms with E-state index in [4.69, 9.17) is 10.5 Å². The summed E-state index contributed by atoms with van der Waals surface area (Å²) in [6, 6.07) is 0. The van der Waals surface area contributed by atoms with Crippen LogP contribution in [0.4, 0.5) is 0 Å². The maximum absolute atomic E-state index is 6.29. The molecule has 4 atom stereocenters. The minimum atomic E-state index is -0.0461. The van der Waals surface area contributed by atoms with Gasteiger partial charge in [-0.25, -0.2) is 0 Å². The minimum absolute atomic E-state index is 0.0461. The number of hydrogen-bond acceptors (Lipinski definition) is 4. The van der Waals surface area contributed by atoms with Crippen molar-refractivity contribution in [3.63, 3.8) is 0 Å². The molecule has 4 heteroatoms. The maximum atomic E-state index is 6.29. The fraction of sp³-hybridized carbons (Fsp3) is 1.00. The van der Waals surface area contributed by atoms with Crippen molar-refractivity contribution in [3.8, 4) is 0 Å². The van der Waals surface area contributed by atoms with Crippen molar-refractivity contribution in [1.82, 2.24) is 9.80 Å². The third-order valence-electron chi connectivity index (χ3n) is 5.45. The predicted molar refractivity (Wildman–Crippen MR) is 77.1 cm³/mol. The van der Waals surface area contributed by atoms with E-state index in [9.17, 15) is 0 Å². The highest BCUT2D eigenvalue weighted by molar-refractivity contribution is 5.07.